The molecule has 0 amide bonds. The van der Waals surface area contributed by atoms with Crippen molar-refractivity contribution in [2.24, 2.45) is 0 Å². The van der Waals surface area contributed by atoms with Crippen LogP contribution in [0.1, 0.15) is 72.0 Å². The summed E-state index contributed by atoms with van der Waals surface area (Å²) in [5.74, 6) is 0.0936. The summed E-state index contributed by atoms with van der Waals surface area (Å²) in [4.78, 5) is 21.8. The molecule has 0 atom stereocenters. The number of imidazole rings is 1. The number of rotatable bonds is 12. The molecule has 1 aliphatic heterocycles. The number of Topliss-reactive ketones (excluding diaryl/α,β-unsaturated/α-hetero) is 1. The number of ketones is 1. The summed E-state index contributed by atoms with van der Waals surface area (Å²) in [6, 6.07) is 5.54. The summed E-state index contributed by atoms with van der Waals surface area (Å²) in [5.41, 5.74) is 2.99. The zero-order valence-corrected chi connectivity index (χ0v) is 22.6. The molecular formula is C29H32F3N5O3. The zero-order chi connectivity index (χ0) is 28.3. The van der Waals surface area contributed by atoms with Crippen molar-refractivity contribution >= 4 is 11.4 Å². The number of fused-ring (bicyclic) bond motifs is 1. The van der Waals surface area contributed by atoms with Gasteiger partial charge in [0.05, 0.1) is 42.4 Å². The Balaban J connectivity index is 1.40. The molecule has 4 aromatic rings. The number of halogens is 3. The van der Waals surface area contributed by atoms with Crippen LogP contribution in [-0.2, 0) is 28.5 Å². The van der Waals surface area contributed by atoms with E-state index in [4.69, 9.17) is 9.47 Å². The molecule has 1 aliphatic rings. The van der Waals surface area contributed by atoms with Gasteiger partial charge in [-0.1, -0.05) is 32.0 Å². The average Bonchev–Trinajstić information content (AvgIpc) is 3.52. The number of alkyl halides is 3. The first kappa shape index (κ1) is 28.0. The molecule has 8 nitrogen and oxygen atoms in total. The Hall–Kier alpha value is -3.57. The van der Waals surface area contributed by atoms with Gasteiger partial charge in [0.25, 0.3) is 0 Å². The Morgan fingerprint density at radius 1 is 1.18 bits per heavy atom. The van der Waals surface area contributed by atoms with Crippen molar-refractivity contribution in [3.8, 4) is 11.3 Å². The molecule has 0 saturated carbocycles. The van der Waals surface area contributed by atoms with Gasteiger partial charge < -0.3 is 9.47 Å². The molecule has 1 saturated heterocycles. The standard InChI is InChI=1S/C29H32F3N5O3/c1-3-11-39-12-5-6-26(38)22-8-7-19(13-20(22)4-2)14-24-28-34-15-25(36(28)10-9-33-24)23-16-37(21-17-40-18-21)35-27(23)29(30,31)32/h7-10,13,15-16,21H,3-6,11-12,14,17-18H2,1-2H3. The third-order valence-corrected chi connectivity index (χ3v) is 7.04. The number of benzene rings is 1. The number of aryl methyl sites for hydroxylation is 1. The largest absolute Gasteiger partial charge is 0.435 e. The van der Waals surface area contributed by atoms with Crippen molar-refractivity contribution in [1.82, 2.24) is 24.1 Å². The Morgan fingerprint density at radius 3 is 2.70 bits per heavy atom. The molecule has 0 bridgehead atoms. The predicted octanol–water partition coefficient (Wildman–Crippen LogP) is 5.73. The normalized spacial score (nSPS) is 14.1. The summed E-state index contributed by atoms with van der Waals surface area (Å²) in [7, 11) is 0. The lowest BCUT2D eigenvalue weighted by Gasteiger charge is -2.26. The van der Waals surface area contributed by atoms with Gasteiger partial charge in [-0.15, -0.1) is 0 Å². The van der Waals surface area contributed by atoms with Crippen LogP contribution in [0.25, 0.3) is 16.9 Å². The van der Waals surface area contributed by atoms with Crippen LogP contribution in [0.3, 0.4) is 0 Å². The van der Waals surface area contributed by atoms with Gasteiger partial charge in [-0.2, -0.15) is 18.3 Å². The first-order chi connectivity index (χ1) is 19.3. The Labute approximate surface area is 230 Å². The Bertz CT molecular complexity index is 1490. The molecule has 4 heterocycles. The van der Waals surface area contributed by atoms with Crippen molar-refractivity contribution in [3.05, 3.63) is 71.1 Å². The maximum absolute atomic E-state index is 13.9. The summed E-state index contributed by atoms with van der Waals surface area (Å²) >= 11 is 0. The topological polar surface area (TPSA) is 83.5 Å². The number of hydrogen-bond donors (Lipinski definition) is 0. The summed E-state index contributed by atoms with van der Waals surface area (Å²) in [6.45, 7) is 5.99. The molecule has 40 heavy (non-hydrogen) atoms. The van der Waals surface area contributed by atoms with Crippen LogP contribution >= 0.6 is 0 Å². The van der Waals surface area contributed by atoms with Crippen LogP contribution in [0.2, 0.25) is 0 Å². The maximum Gasteiger partial charge on any atom is 0.435 e. The third-order valence-electron chi connectivity index (χ3n) is 7.04. The van der Waals surface area contributed by atoms with Crippen LogP contribution in [0.5, 0.6) is 0 Å². The zero-order valence-electron chi connectivity index (χ0n) is 22.6. The number of ether oxygens (including phenoxy) is 2. The first-order valence-corrected chi connectivity index (χ1v) is 13.6. The number of aromatic nitrogens is 5. The Morgan fingerprint density at radius 2 is 2.00 bits per heavy atom. The van der Waals surface area contributed by atoms with E-state index in [9.17, 15) is 18.0 Å². The number of carbonyl (C=O) groups excluding carboxylic acids is 1. The van der Waals surface area contributed by atoms with E-state index in [1.807, 2.05) is 32.0 Å². The fourth-order valence-corrected chi connectivity index (χ4v) is 4.88. The van der Waals surface area contributed by atoms with Crippen molar-refractivity contribution in [1.29, 1.82) is 0 Å². The Kier molecular flexibility index (Phi) is 8.32. The highest BCUT2D eigenvalue weighted by molar-refractivity contribution is 5.97. The number of nitrogens with zero attached hydrogens (tertiary/aromatic N) is 5. The van der Waals surface area contributed by atoms with Crippen LogP contribution in [-0.4, -0.2) is 56.4 Å². The van der Waals surface area contributed by atoms with Crippen molar-refractivity contribution in [2.75, 3.05) is 26.4 Å². The van der Waals surface area contributed by atoms with Crippen LogP contribution < -0.4 is 0 Å². The fourth-order valence-electron chi connectivity index (χ4n) is 4.88. The smallest absolute Gasteiger partial charge is 0.381 e. The molecule has 3 aromatic heterocycles. The highest BCUT2D eigenvalue weighted by atomic mass is 19.4. The summed E-state index contributed by atoms with van der Waals surface area (Å²) < 4.78 is 55.3. The first-order valence-electron chi connectivity index (χ1n) is 13.6. The molecule has 0 spiro atoms. The van der Waals surface area contributed by atoms with Crippen LogP contribution in [0.15, 0.2) is 43.0 Å². The molecule has 0 N–H and O–H groups in total. The van der Waals surface area contributed by atoms with Crippen molar-refractivity contribution in [2.45, 2.75) is 58.2 Å². The van der Waals surface area contributed by atoms with Crippen LogP contribution in [0, 0.1) is 0 Å². The van der Waals surface area contributed by atoms with E-state index in [2.05, 4.69) is 15.1 Å². The second-order valence-corrected chi connectivity index (χ2v) is 9.93. The lowest BCUT2D eigenvalue weighted by Crippen LogP contribution is -2.31. The van der Waals surface area contributed by atoms with Gasteiger partial charge >= 0.3 is 6.18 Å². The molecule has 0 aliphatic carbocycles. The molecular weight excluding hydrogens is 523 g/mol. The van der Waals surface area contributed by atoms with E-state index in [0.717, 1.165) is 17.5 Å². The second kappa shape index (κ2) is 11.9. The number of hydrogen-bond acceptors (Lipinski definition) is 6. The van der Waals surface area contributed by atoms with E-state index in [1.54, 1.807) is 16.8 Å². The van der Waals surface area contributed by atoms with Gasteiger partial charge in [0.1, 0.15) is 0 Å². The van der Waals surface area contributed by atoms with Crippen molar-refractivity contribution in [3.63, 3.8) is 0 Å². The summed E-state index contributed by atoms with van der Waals surface area (Å²) in [6.07, 6.45) is 4.56. The monoisotopic (exact) mass is 555 g/mol. The molecule has 1 aromatic carbocycles. The lowest BCUT2D eigenvalue weighted by atomic mass is 9.95. The van der Waals surface area contributed by atoms with Gasteiger partial charge in [-0.3, -0.25) is 18.9 Å². The minimum absolute atomic E-state index is 0.0414. The molecule has 11 heteroatoms. The quantitative estimate of drug-likeness (QED) is 0.164. The van der Waals surface area contributed by atoms with Crippen LogP contribution in [0.4, 0.5) is 13.2 Å². The van der Waals surface area contributed by atoms with E-state index in [0.29, 0.717) is 69.0 Å². The minimum atomic E-state index is -4.62. The molecule has 5 rings (SSSR count). The van der Waals surface area contributed by atoms with E-state index < -0.39 is 11.9 Å². The average molecular weight is 556 g/mol. The van der Waals surface area contributed by atoms with Gasteiger partial charge in [0.15, 0.2) is 17.1 Å². The minimum Gasteiger partial charge on any atom is -0.381 e. The molecule has 1 fully saturated rings. The molecule has 212 valence electrons. The lowest BCUT2D eigenvalue weighted by molar-refractivity contribution is -0.141. The third kappa shape index (κ3) is 5.80. The second-order valence-electron chi connectivity index (χ2n) is 9.93. The SMILES string of the molecule is CCCOCCCC(=O)c1ccc(Cc2nccn3c(-c4cn(C5COC5)nc4C(F)(F)F)cnc23)cc1CC. The van der Waals surface area contributed by atoms with E-state index >= 15 is 0 Å². The van der Waals surface area contributed by atoms with Gasteiger partial charge in [-0.05, 0) is 30.4 Å². The summed E-state index contributed by atoms with van der Waals surface area (Å²) in [5, 5.41) is 3.85. The fraction of sp³-hybridized carbons (Fsp3) is 0.448. The van der Waals surface area contributed by atoms with Gasteiger partial charge in [0.2, 0.25) is 0 Å². The van der Waals surface area contributed by atoms with E-state index in [1.165, 1.54) is 17.1 Å². The molecule has 0 radical (unpaired) electrons. The van der Waals surface area contributed by atoms with E-state index in [-0.39, 0.29) is 23.1 Å². The highest BCUT2D eigenvalue weighted by Crippen LogP contribution is 2.37. The highest BCUT2D eigenvalue weighted by Gasteiger charge is 2.39. The predicted molar refractivity (Wildman–Crippen MR) is 142 cm³/mol. The number of carbonyl (C=O) groups is 1. The van der Waals surface area contributed by atoms with Gasteiger partial charge in [-0.25, -0.2) is 4.98 Å². The maximum atomic E-state index is 13.9. The molecule has 0 unspecified atom stereocenters. The van der Waals surface area contributed by atoms with Gasteiger partial charge in [0, 0.05) is 50.2 Å². The van der Waals surface area contributed by atoms with Crippen molar-refractivity contribution < 1.29 is 27.4 Å².